The highest BCUT2D eigenvalue weighted by atomic mass is 32.2. The fourth-order valence-corrected chi connectivity index (χ4v) is 3.97. The SMILES string of the molecule is COc1ccc(F)c(F)c1C(=O)c1sc(Nc2ccc(S(C)(=O)=O)cc2)nc1N. The number of hydrogen-bond acceptors (Lipinski definition) is 8. The van der Waals surface area contributed by atoms with E-state index < -0.39 is 32.8 Å². The largest absolute Gasteiger partial charge is 0.496 e. The molecule has 29 heavy (non-hydrogen) atoms. The summed E-state index contributed by atoms with van der Waals surface area (Å²) < 4.78 is 55.8. The first-order valence-electron chi connectivity index (χ1n) is 8.02. The zero-order valence-corrected chi connectivity index (χ0v) is 16.8. The van der Waals surface area contributed by atoms with Gasteiger partial charge in [-0.1, -0.05) is 11.3 Å². The summed E-state index contributed by atoms with van der Waals surface area (Å²) in [7, 11) is -2.11. The van der Waals surface area contributed by atoms with Gasteiger partial charge in [-0.3, -0.25) is 4.79 Å². The number of rotatable bonds is 6. The predicted octanol–water partition coefficient (Wildman–Crippen LogP) is 3.39. The Morgan fingerprint density at radius 2 is 1.83 bits per heavy atom. The Bertz CT molecular complexity index is 1190. The van der Waals surface area contributed by atoms with Crippen molar-refractivity contribution in [1.29, 1.82) is 0 Å². The topological polar surface area (TPSA) is 111 Å². The summed E-state index contributed by atoms with van der Waals surface area (Å²) in [6, 6.07) is 7.86. The Balaban J connectivity index is 1.91. The van der Waals surface area contributed by atoms with E-state index in [0.29, 0.717) is 5.69 Å². The number of ether oxygens (including phenoxy) is 1. The number of methoxy groups -OCH3 is 1. The minimum Gasteiger partial charge on any atom is -0.496 e. The third-order valence-electron chi connectivity index (χ3n) is 3.90. The van der Waals surface area contributed by atoms with Crippen LogP contribution in [-0.4, -0.2) is 32.6 Å². The van der Waals surface area contributed by atoms with Crippen molar-refractivity contribution in [2.75, 3.05) is 24.4 Å². The lowest BCUT2D eigenvalue weighted by atomic mass is 10.1. The average molecular weight is 439 g/mol. The molecule has 3 aromatic rings. The molecule has 0 saturated heterocycles. The number of nitrogen functional groups attached to an aromatic ring is 1. The normalized spacial score (nSPS) is 11.3. The molecule has 0 fully saturated rings. The molecule has 0 bridgehead atoms. The van der Waals surface area contributed by atoms with Crippen LogP contribution in [0, 0.1) is 11.6 Å². The van der Waals surface area contributed by atoms with Gasteiger partial charge >= 0.3 is 0 Å². The van der Waals surface area contributed by atoms with Gasteiger partial charge in [0.05, 0.1) is 12.0 Å². The van der Waals surface area contributed by atoms with Crippen molar-refractivity contribution in [1.82, 2.24) is 4.98 Å². The van der Waals surface area contributed by atoms with Crippen LogP contribution in [0.4, 0.5) is 25.4 Å². The maximum absolute atomic E-state index is 14.2. The van der Waals surface area contributed by atoms with Crippen LogP contribution in [0.3, 0.4) is 0 Å². The van der Waals surface area contributed by atoms with Crippen LogP contribution in [0.1, 0.15) is 15.2 Å². The molecule has 1 heterocycles. The Labute approximate surface area is 169 Å². The zero-order valence-electron chi connectivity index (χ0n) is 15.2. The number of carbonyl (C=O) groups excluding carboxylic acids is 1. The first-order valence-corrected chi connectivity index (χ1v) is 10.7. The molecule has 1 aromatic heterocycles. The lowest BCUT2D eigenvalue weighted by molar-refractivity contribution is 0.103. The van der Waals surface area contributed by atoms with Crippen molar-refractivity contribution in [3.05, 3.63) is 58.5 Å². The van der Waals surface area contributed by atoms with Crippen LogP contribution < -0.4 is 15.8 Å². The standard InChI is InChI=1S/C18H15F2N3O4S2/c1-27-12-8-7-11(19)14(20)13(12)15(24)16-17(21)23-18(28-16)22-9-3-5-10(6-4-9)29(2,25)26/h3-8H,21H2,1-2H3,(H,22,23). The van der Waals surface area contributed by atoms with Gasteiger partial charge in [-0.25, -0.2) is 22.2 Å². The lowest BCUT2D eigenvalue weighted by Gasteiger charge is -2.08. The van der Waals surface area contributed by atoms with Crippen LogP contribution >= 0.6 is 11.3 Å². The van der Waals surface area contributed by atoms with E-state index in [1.165, 1.54) is 31.4 Å². The minimum absolute atomic E-state index is 0.0944. The molecule has 0 aliphatic heterocycles. The van der Waals surface area contributed by atoms with Crippen molar-refractivity contribution in [3.63, 3.8) is 0 Å². The fourth-order valence-electron chi connectivity index (χ4n) is 2.49. The molecule has 0 amide bonds. The van der Waals surface area contributed by atoms with Crippen LogP contribution in [0.5, 0.6) is 5.75 Å². The molecule has 0 unspecified atom stereocenters. The molecule has 0 aliphatic rings. The van der Waals surface area contributed by atoms with Crippen molar-refractivity contribution in [3.8, 4) is 5.75 Å². The summed E-state index contributed by atoms with van der Waals surface area (Å²) in [4.78, 5) is 16.8. The summed E-state index contributed by atoms with van der Waals surface area (Å²) in [5.41, 5.74) is 5.72. The number of halogens is 2. The quantitative estimate of drug-likeness (QED) is 0.566. The molecule has 0 aliphatic carbocycles. The van der Waals surface area contributed by atoms with Gasteiger partial charge in [0.1, 0.15) is 22.0 Å². The summed E-state index contributed by atoms with van der Waals surface area (Å²) in [5.74, 6) is -3.70. The van der Waals surface area contributed by atoms with E-state index in [2.05, 4.69) is 10.3 Å². The lowest BCUT2D eigenvalue weighted by Crippen LogP contribution is -2.09. The number of thiazole rings is 1. The van der Waals surface area contributed by atoms with Gasteiger partial charge in [-0.05, 0) is 36.4 Å². The number of sulfone groups is 1. The summed E-state index contributed by atoms with van der Waals surface area (Å²) in [6.07, 6.45) is 1.09. The van der Waals surface area contributed by atoms with Crippen molar-refractivity contribution >= 4 is 43.6 Å². The van der Waals surface area contributed by atoms with E-state index in [4.69, 9.17) is 10.5 Å². The molecule has 7 nitrogen and oxygen atoms in total. The van der Waals surface area contributed by atoms with Crippen LogP contribution in [0.15, 0.2) is 41.3 Å². The highest BCUT2D eigenvalue weighted by molar-refractivity contribution is 7.90. The van der Waals surface area contributed by atoms with E-state index in [-0.39, 0.29) is 26.5 Å². The number of aromatic nitrogens is 1. The number of carbonyl (C=O) groups is 1. The van der Waals surface area contributed by atoms with E-state index >= 15 is 0 Å². The average Bonchev–Trinajstić information content (AvgIpc) is 3.03. The Morgan fingerprint density at radius 1 is 1.17 bits per heavy atom. The number of nitrogens with zero attached hydrogens (tertiary/aromatic N) is 1. The van der Waals surface area contributed by atoms with E-state index in [1.807, 2.05) is 0 Å². The Morgan fingerprint density at radius 3 is 2.41 bits per heavy atom. The second kappa shape index (κ2) is 7.76. The monoisotopic (exact) mass is 439 g/mol. The van der Waals surface area contributed by atoms with E-state index in [9.17, 15) is 22.0 Å². The van der Waals surface area contributed by atoms with Crippen molar-refractivity contribution < 1.29 is 26.7 Å². The number of ketones is 1. The molecule has 0 saturated carbocycles. The fraction of sp³-hybridized carbons (Fsp3) is 0.111. The van der Waals surface area contributed by atoms with Gasteiger partial charge in [0.15, 0.2) is 26.6 Å². The molecule has 0 radical (unpaired) electrons. The highest BCUT2D eigenvalue weighted by Crippen LogP contribution is 2.33. The van der Waals surface area contributed by atoms with Crippen molar-refractivity contribution in [2.45, 2.75) is 4.90 Å². The zero-order chi connectivity index (χ0) is 21.3. The highest BCUT2D eigenvalue weighted by Gasteiger charge is 2.26. The summed E-state index contributed by atoms with van der Waals surface area (Å²) >= 11 is 0.841. The van der Waals surface area contributed by atoms with Gasteiger partial charge in [-0.15, -0.1) is 0 Å². The van der Waals surface area contributed by atoms with E-state index in [0.717, 1.165) is 29.7 Å². The Kier molecular flexibility index (Phi) is 5.53. The van der Waals surface area contributed by atoms with Gasteiger partial charge < -0.3 is 15.8 Å². The molecular weight excluding hydrogens is 424 g/mol. The molecule has 0 spiro atoms. The number of nitrogens with two attached hydrogens (primary N) is 1. The van der Waals surface area contributed by atoms with Gasteiger partial charge in [0.25, 0.3) is 0 Å². The molecule has 11 heteroatoms. The molecule has 152 valence electrons. The predicted molar refractivity (Wildman–Crippen MR) is 106 cm³/mol. The maximum Gasteiger partial charge on any atom is 0.213 e. The van der Waals surface area contributed by atoms with Crippen LogP contribution in [0.25, 0.3) is 0 Å². The van der Waals surface area contributed by atoms with Crippen LogP contribution in [0.2, 0.25) is 0 Å². The van der Waals surface area contributed by atoms with Crippen molar-refractivity contribution in [2.24, 2.45) is 0 Å². The molecular formula is C18H15F2N3O4S2. The first kappa shape index (κ1) is 20.7. The molecule has 0 atom stereocenters. The number of benzene rings is 2. The maximum atomic E-state index is 14.2. The smallest absolute Gasteiger partial charge is 0.213 e. The third kappa shape index (κ3) is 4.20. The second-order valence-electron chi connectivity index (χ2n) is 5.92. The molecule has 2 aromatic carbocycles. The minimum atomic E-state index is -3.33. The third-order valence-corrected chi connectivity index (χ3v) is 6.01. The summed E-state index contributed by atoms with van der Waals surface area (Å²) in [6.45, 7) is 0. The number of hydrogen-bond donors (Lipinski definition) is 2. The Hall–Kier alpha value is -3.05. The van der Waals surface area contributed by atoms with Gasteiger partial charge in [0, 0.05) is 11.9 Å². The van der Waals surface area contributed by atoms with Gasteiger partial charge in [0.2, 0.25) is 5.78 Å². The molecule has 3 N–H and O–H groups in total. The summed E-state index contributed by atoms with van der Waals surface area (Å²) in [5, 5.41) is 3.10. The number of anilines is 3. The van der Waals surface area contributed by atoms with Crippen LogP contribution in [-0.2, 0) is 9.84 Å². The first-order chi connectivity index (χ1) is 13.6. The van der Waals surface area contributed by atoms with E-state index in [1.54, 1.807) is 0 Å². The number of nitrogens with one attached hydrogen (secondary N) is 1. The second-order valence-corrected chi connectivity index (χ2v) is 8.94. The molecule has 3 rings (SSSR count). The van der Waals surface area contributed by atoms with Gasteiger partial charge in [-0.2, -0.15) is 0 Å².